The second-order valence-corrected chi connectivity index (χ2v) is 10.1. The van der Waals surface area contributed by atoms with Gasteiger partial charge in [-0.2, -0.15) is 26.3 Å². The highest BCUT2D eigenvalue weighted by Crippen LogP contribution is 2.60. The number of benzene rings is 1. The number of halogens is 6. The third-order valence-corrected chi connectivity index (χ3v) is 7.55. The SMILES string of the molecule is O=C(CCc1ccccc1)NC(NCC12CC3CC(CC(C3)C1)C2)(C(F)(F)F)C(F)(F)F. The van der Waals surface area contributed by atoms with Gasteiger partial charge in [-0.15, -0.1) is 0 Å². The smallest absolute Gasteiger partial charge is 0.323 e. The molecule has 0 spiro atoms. The summed E-state index contributed by atoms with van der Waals surface area (Å²) in [6.07, 6.45) is -6.87. The molecule has 0 unspecified atom stereocenters. The number of amides is 1. The van der Waals surface area contributed by atoms with Crippen LogP contribution in [-0.4, -0.2) is 30.5 Å². The predicted octanol–water partition coefficient (Wildman–Crippen LogP) is 5.36. The average Bonchev–Trinajstić information content (AvgIpc) is 2.67. The van der Waals surface area contributed by atoms with Crippen LogP contribution in [0.1, 0.15) is 50.5 Å². The van der Waals surface area contributed by atoms with Gasteiger partial charge in [-0.05, 0) is 73.7 Å². The minimum absolute atomic E-state index is 0.0491. The Hall–Kier alpha value is -1.77. The molecule has 0 aromatic heterocycles. The third-order valence-electron chi connectivity index (χ3n) is 7.55. The second-order valence-electron chi connectivity index (χ2n) is 10.1. The summed E-state index contributed by atoms with van der Waals surface area (Å²) >= 11 is 0. The lowest BCUT2D eigenvalue weighted by molar-refractivity contribution is -0.317. The standard InChI is InChI=1S/C23H28F6N2O/c24-22(25,26)21(23(27,28)29,31-19(32)7-6-15-4-2-1-3-5-15)30-14-20-11-16-8-17(12-20)10-18(9-16)13-20/h1-5,16-18,30H,6-14H2,(H,31,32). The van der Waals surface area contributed by atoms with E-state index in [0.717, 1.165) is 19.3 Å². The van der Waals surface area contributed by atoms with Crippen molar-refractivity contribution in [2.24, 2.45) is 23.2 Å². The molecule has 2 N–H and O–H groups in total. The van der Waals surface area contributed by atoms with Crippen molar-refractivity contribution in [3.05, 3.63) is 35.9 Å². The van der Waals surface area contributed by atoms with E-state index in [1.54, 1.807) is 30.3 Å². The van der Waals surface area contributed by atoms with Crippen molar-refractivity contribution in [2.45, 2.75) is 69.4 Å². The number of hydrogen-bond acceptors (Lipinski definition) is 2. The Morgan fingerprint density at radius 1 is 0.875 bits per heavy atom. The zero-order chi connectivity index (χ0) is 23.2. The molecule has 32 heavy (non-hydrogen) atoms. The average molecular weight is 462 g/mol. The normalized spacial score (nSPS) is 29.9. The Balaban J connectivity index is 1.51. The molecular formula is C23H28F6N2O. The number of carbonyl (C=O) groups excluding carboxylic acids is 1. The van der Waals surface area contributed by atoms with E-state index < -0.39 is 42.3 Å². The number of rotatable bonds is 7. The van der Waals surface area contributed by atoms with E-state index >= 15 is 0 Å². The zero-order valence-electron chi connectivity index (χ0n) is 17.7. The molecule has 1 amide bonds. The van der Waals surface area contributed by atoms with Gasteiger partial charge in [0.2, 0.25) is 5.91 Å². The molecule has 9 heteroatoms. The van der Waals surface area contributed by atoms with Crippen molar-refractivity contribution in [1.82, 2.24) is 10.6 Å². The maximum atomic E-state index is 14.0. The number of alkyl halides is 6. The predicted molar refractivity (Wildman–Crippen MR) is 106 cm³/mol. The van der Waals surface area contributed by atoms with Gasteiger partial charge in [-0.25, -0.2) is 0 Å². The fourth-order valence-corrected chi connectivity index (χ4v) is 6.55. The molecule has 4 bridgehead atoms. The lowest BCUT2D eigenvalue weighted by Gasteiger charge is -2.57. The Morgan fingerprint density at radius 3 is 1.84 bits per heavy atom. The summed E-state index contributed by atoms with van der Waals surface area (Å²) in [5, 5.41) is 3.13. The highest BCUT2D eigenvalue weighted by Gasteiger charge is 2.72. The fourth-order valence-electron chi connectivity index (χ4n) is 6.55. The molecule has 5 rings (SSSR count). The summed E-state index contributed by atoms with van der Waals surface area (Å²) in [5.41, 5.74) is -4.36. The van der Waals surface area contributed by atoms with E-state index in [9.17, 15) is 31.1 Å². The molecule has 4 aliphatic rings. The van der Waals surface area contributed by atoms with Gasteiger partial charge < -0.3 is 5.32 Å². The summed E-state index contributed by atoms with van der Waals surface area (Å²) in [4.78, 5) is 12.3. The van der Waals surface area contributed by atoms with Crippen molar-refractivity contribution in [2.75, 3.05) is 6.54 Å². The van der Waals surface area contributed by atoms with Crippen molar-refractivity contribution in [3.63, 3.8) is 0 Å². The van der Waals surface area contributed by atoms with Gasteiger partial charge in [0.25, 0.3) is 5.66 Å². The van der Waals surface area contributed by atoms with Crippen LogP contribution in [0, 0.1) is 23.2 Å². The molecule has 0 saturated heterocycles. The molecule has 178 valence electrons. The van der Waals surface area contributed by atoms with Crippen LogP contribution in [0.15, 0.2) is 30.3 Å². The summed E-state index contributed by atoms with van der Waals surface area (Å²) in [5.74, 6) is -0.138. The Bertz CT molecular complexity index is 771. The van der Waals surface area contributed by atoms with Gasteiger partial charge in [-0.3, -0.25) is 10.1 Å². The first-order valence-electron chi connectivity index (χ1n) is 11.1. The van der Waals surface area contributed by atoms with Crippen molar-refractivity contribution >= 4 is 5.91 Å². The number of nitrogens with one attached hydrogen (secondary N) is 2. The van der Waals surface area contributed by atoms with Crippen LogP contribution < -0.4 is 10.6 Å². The second kappa shape index (κ2) is 8.22. The van der Waals surface area contributed by atoms with Crippen molar-refractivity contribution in [1.29, 1.82) is 0 Å². The van der Waals surface area contributed by atoms with Gasteiger partial charge in [0.1, 0.15) is 0 Å². The first kappa shape index (κ1) is 23.4. The number of carbonyl (C=O) groups is 1. The quantitative estimate of drug-likeness (QED) is 0.423. The summed E-state index contributed by atoms with van der Waals surface area (Å²) in [6.45, 7) is -0.408. The van der Waals surface area contributed by atoms with Crippen LogP contribution in [0.3, 0.4) is 0 Å². The minimum Gasteiger partial charge on any atom is -0.323 e. The zero-order valence-corrected chi connectivity index (χ0v) is 17.7. The van der Waals surface area contributed by atoms with Crippen molar-refractivity contribution in [3.8, 4) is 0 Å². The van der Waals surface area contributed by atoms with E-state index in [4.69, 9.17) is 0 Å². The van der Waals surface area contributed by atoms with Gasteiger partial charge in [0, 0.05) is 13.0 Å². The highest BCUT2D eigenvalue weighted by molar-refractivity contribution is 5.77. The number of hydrogen-bond donors (Lipinski definition) is 2. The summed E-state index contributed by atoms with van der Waals surface area (Å²) in [6, 6.07) is 8.45. The van der Waals surface area contributed by atoms with Crippen molar-refractivity contribution < 1.29 is 31.1 Å². The lowest BCUT2D eigenvalue weighted by atomic mass is 9.49. The van der Waals surface area contributed by atoms with E-state index in [0.29, 0.717) is 42.6 Å². The Kier molecular flexibility index (Phi) is 6.01. The number of aryl methyl sites for hydroxylation is 1. The molecule has 1 aromatic carbocycles. The van der Waals surface area contributed by atoms with E-state index in [1.165, 1.54) is 5.32 Å². The monoisotopic (exact) mass is 462 g/mol. The van der Waals surface area contributed by atoms with E-state index in [-0.39, 0.29) is 6.42 Å². The third kappa shape index (κ3) is 4.50. The van der Waals surface area contributed by atoms with E-state index in [2.05, 4.69) is 0 Å². The largest absolute Gasteiger partial charge is 0.434 e. The molecule has 0 heterocycles. The molecular weight excluding hydrogens is 434 g/mol. The van der Waals surface area contributed by atoms with E-state index in [1.807, 2.05) is 5.32 Å². The summed E-state index contributed by atoms with van der Waals surface area (Å²) in [7, 11) is 0. The van der Waals surface area contributed by atoms with Crippen LogP contribution in [-0.2, 0) is 11.2 Å². The molecule has 1 aromatic rings. The van der Waals surface area contributed by atoms with Crippen LogP contribution in [0.5, 0.6) is 0 Å². The van der Waals surface area contributed by atoms with Crippen LogP contribution >= 0.6 is 0 Å². The Morgan fingerprint density at radius 2 is 1.38 bits per heavy atom. The molecule has 4 aliphatic carbocycles. The lowest BCUT2D eigenvalue weighted by Crippen LogP contribution is -2.76. The molecule has 4 saturated carbocycles. The maximum absolute atomic E-state index is 14.0. The highest BCUT2D eigenvalue weighted by atomic mass is 19.4. The first-order valence-corrected chi connectivity index (χ1v) is 11.1. The molecule has 4 fully saturated rings. The molecule has 0 aliphatic heterocycles. The molecule has 0 radical (unpaired) electrons. The van der Waals surface area contributed by atoms with Gasteiger partial charge in [-0.1, -0.05) is 30.3 Å². The molecule has 0 atom stereocenters. The van der Waals surface area contributed by atoms with Crippen LogP contribution in [0.4, 0.5) is 26.3 Å². The summed E-state index contributed by atoms with van der Waals surface area (Å²) < 4.78 is 83.7. The minimum atomic E-state index is -5.74. The van der Waals surface area contributed by atoms with Gasteiger partial charge in [0.15, 0.2) is 0 Å². The van der Waals surface area contributed by atoms with Crippen LogP contribution in [0.2, 0.25) is 0 Å². The maximum Gasteiger partial charge on any atom is 0.434 e. The van der Waals surface area contributed by atoms with Crippen LogP contribution in [0.25, 0.3) is 0 Å². The first-order chi connectivity index (χ1) is 14.9. The molecule has 3 nitrogen and oxygen atoms in total. The van der Waals surface area contributed by atoms with Gasteiger partial charge in [0.05, 0.1) is 0 Å². The van der Waals surface area contributed by atoms with Gasteiger partial charge >= 0.3 is 12.4 Å². The topological polar surface area (TPSA) is 41.1 Å². The fraction of sp³-hybridized carbons (Fsp3) is 0.696. The Labute approximate surface area is 183 Å².